The minimum absolute atomic E-state index is 0.105. The Kier molecular flexibility index (Phi) is 6.31. The van der Waals surface area contributed by atoms with Crippen molar-refractivity contribution in [3.05, 3.63) is 28.2 Å². The van der Waals surface area contributed by atoms with Crippen molar-refractivity contribution in [3.8, 4) is 5.75 Å². The molecular weight excluding hydrogens is 351 g/mol. The van der Waals surface area contributed by atoms with Crippen LogP contribution in [0.5, 0.6) is 5.75 Å². The molecule has 0 aromatic heterocycles. The van der Waals surface area contributed by atoms with Gasteiger partial charge in [-0.05, 0) is 19.1 Å². The number of hydrogen-bond acceptors (Lipinski definition) is 4. The highest BCUT2D eigenvalue weighted by molar-refractivity contribution is 7.87. The predicted octanol–water partition coefficient (Wildman–Crippen LogP) is 1.93. The highest BCUT2D eigenvalue weighted by Gasteiger charge is 2.26. The van der Waals surface area contributed by atoms with Crippen molar-refractivity contribution in [3.63, 3.8) is 0 Å². The van der Waals surface area contributed by atoms with Crippen molar-refractivity contribution in [1.82, 2.24) is 9.03 Å². The molecule has 1 aliphatic heterocycles. The van der Waals surface area contributed by atoms with Crippen LogP contribution in [0.25, 0.3) is 0 Å². The van der Waals surface area contributed by atoms with E-state index in [0.717, 1.165) is 0 Å². The summed E-state index contributed by atoms with van der Waals surface area (Å²) in [6.45, 7) is 3.22. The lowest BCUT2D eigenvalue weighted by molar-refractivity contribution is 0.00976. The molecule has 0 unspecified atom stereocenters. The van der Waals surface area contributed by atoms with Crippen LogP contribution in [0.2, 0.25) is 10.0 Å². The Bertz CT molecular complexity index is 612. The molecule has 0 radical (unpaired) electrons. The summed E-state index contributed by atoms with van der Waals surface area (Å²) in [5.41, 5.74) is 0. The fourth-order valence-electron chi connectivity index (χ4n) is 2.02. The van der Waals surface area contributed by atoms with Crippen LogP contribution in [0.3, 0.4) is 0 Å². The number of nitrogens with one attached hydrogen (secondary N) is 1. The second-order valence-corrected chi connectivity index (χ2v) is 7.38. The Morgan fingerprint density at radius 1 is 1.45 bits per heavy atom. The van der Waals surface area contributed by atoms with Gasteiger partial charge in [-0.3, -0.25) is 0 Å². The Morgan fingerprint density at radius 2 is 2.23 bits per heavy atom. The lowest BCUT2D eigenvalue weighted by Crippen LogP contribution is -2.49. The van der Waals surface area contributed by atoms with Crippen molar-refractivity contribution in [2.75, 3.05) is 32.8 Å². The van der Waals surface area contributed by atoms with Gasteiger partial charge in [0.25, 0.3) is 10.2 Å². The van der Waals surface area contributed by atoms with Crippen LogP contribution >= 0.6 is 23.2 Å². The topological polar surface area (TPSA) is 67.9 Å². The third-order valence-corrected chi connectivity index (χ3v) is 5.49. The zero-order valence-corrected chi connectivity index (χ0v) is 14.4. The molecule has 0 bridgehead atoms. The van der Waals surface area contributed by atoms with Gasteiger partial charge >= 0.3 is 0 Å². The molecule has 1 fully saturated rings. The Balaban J connectivity index is 1.81. The summed E-state index contributed by atoms with van der Waals surface area (Å²) in [6, 6.07) is 5.04. The molecule has 0 saturated carbocycles. The van der Waals surface area contributed by atoms with E-state index < -0.39 is 10.2 Å². The SMILES string of the molecule is C[C@@H]1CN(S(=O)(=O)NCCOc2cccc(Cl)c2Cl)CCO1. The lowest BCUT2D eigenvalue weighted by Gasteiger charge is -2.30. The highest BCUT2D eigenvalue weighted by Crippen LogP contribution is 2.31. The predicted molar refractivity (Wildman–Crippen MR) is 85.9 cm³/mol. The number of morpholine rings is 1. The van der Waals surface area contributed by atoms with Gasteiger partial charge in [-0.2, -0.15) is 17.4 Å². The molecule has 22 heavy (non-hydrogen) atoms. The molecule has 1 aromatic carbocycles. The first-order valence-electron chi connectivity index (χ1n) is 6.83. The van der Waals surface area contributed by atoms with Gasteiger partial charge in [0.05, 0.1) is 17.7 Å². The molecule has 2 rings (SSSR count). The molecule has 6 nitrogen and oxygen atoms in total. The van der Waals surface area contributed by atoms with Gasteiger partial charge in [0.1, 0.15) is 17.4 Å². The molecule has 1 atom stereocenters. The molecule has 124 valence electrons. The summed E-state index contributed by atoms with van der Waals surface area (Å²) in [7, 11) is -3.52. The summed E-state index contributed by atoms with van der Waals surface area (Å²) in [6.07, 6.45) is -0.105. The zero-order valence-electron chi connectivity index (χ0n) is 12.1. The molecule has 1 N–H and O–H groups in total. The van der Waals surface area contributed by atoms with E-state index in [1.54, 1.807) is 18.2 Å². The molecule has 1 saturated heterocycles. The average molecular weight is 369 g/mol. The van der Waals surface area contributed by atoms with Crippen LogP contribution in [-0.2, 0) is 14.9 Å². The summed E-state index contributed by atoms with van der Waals surface area (Å²) >= 11 is 11.9. The van der Waals surface area contributed by atoms with E-state index in [-0.39, 0.29) is 19.3 Å². The minimum atomic E-state index is -3.52. The van der Waals surface area contributed by atoms with Crippen LogP contribution in [0, 0.1) is 0 Å². The van der Waals surface area contributed by atoms with Gasteiger partial charge in [0.15, 0.2) is 0 Å². The second-order valence-electron chi connectivity index (χ2n) is 4.84. The number of benzene rings is 1. The maximum Gasteiger partial charge on any atom is 0.279 e. The first-order valence-corrected chi connectivity index (χ1v) is 9.03. The van der Waals surface area contributed by atoms with Gasteiger partial charge < -0.3 is 9.47 Å². The Morgan fingerprint density at radius 3 is 2.95 bits per heavy atom. The van der Waals surface area contributed by atoms with E-state index >= 15 is 0 Å². The monoisotopic (exact) mass is 368 g/mol. The Labute approximate surface area is 140 Å². The molecule has 1 heterocycles. The maximum absolute atomic E-state index is 12.1. The van der Waals surface area contributed by atoms with Gasteiger partial charge in [0, 0.05) is 19.6 Å². The van der Waals surface area contributed by atoms with E-state index in [4.69, 9.17) is 32.7 Å². The molecular formula is C13H18Cl2N2O4S. The smallest absolute Gasteiger partial charge is 0.279 e. The first-order chi connectivity index (χ1) is 10.4. The second kappa shape index (κ2) is 7.81. The van der Waals surface area contributed by atoms with Crippen LogP contribution in [-0.4, -0.2) is 51.7 Å². The standard InChI is InChI=1S/C13H18Cl2N2O4S/c1-10-9-17(6-8-20-10)22(18,19)16-5-7-21-12-4-2-3-11(14)13(12)15/h2-4,10,16H,5-9H2,1H3/t10-/m1/s1. The molecule has 0 spiro atoms. The molecule has 0 amide bonds. The maximum atomic E-state index is 12.1. The Hall–Kier alpha value is -0.570. The molecule has 0 aliphatic carbocycles. The number of halogens is 2. The van der Waals surface area contributed by atoms with E-state index in [1.165, 1.54) is 4.31 Å². The largest absolute Gasteiger partial charge is 0.491 e. The van der Waals surface area contributed by atoms with Crippen LogP contribution in [0.1, 0.15) is 6.92 Å². The van der Waals surface area contributed by atoms with E-state index in [9.17, 15) is 8.42 Å². The summed E-state index contributed by atoms with van der Waals surface area (Å²) in [5, 5.41) is 0.705. The van der Waals surface area contributed by atoms with Crippen molar-refractivity contribution in [1.29, 1.82) is 0 Å². The third-order valence-electron chi connectivity index (χ3n) is 3.10. The van der Waals surface area contributed by atoms with Crippen LogP contribution in [0.4, 0.5) is 0 Å². The van der Waals surface area contributed by atoms with E-state index in [0.29, 0.717) is 35.5 Å². The minimum Gasteiger partial charge on any atom is -0.491 e. The summed E-state index contributed by atoms with van der Waals surface area (Å²) in [5.74, 6) is 0.424. The zero-order chi connectivity index (χ0) is 16.2. The third kappa shape index (κ3) is 4.71. The van der Waals surface area contributed by atoms with E-state index in [1.807, 2.05) is 6.92 Å². The summed E-state index contributed by atoms with van der Waals surface area (Å²) in [4.78, 5) is 0. The molecule has 9 heteroatoms. The van der Waals surface area contributed by atoms with E-state index in [2.05, 4.69) is 4.72 Å². The van der Waals surface area contributed by atoms with Crippen LogP contribution in [0.15, 0.2) is 18.2 Å². The average Bonchev–Trinajstić information content (AvgIpc) is 2.48. The number of rotatable bonds is 6. The lowest BCUT2D eigenvalue weighted by atomic mass is 10.3. The number of ether oxygens (including phenoxy) is 2. The quantitative estimate of drug-likeness (QED) is 0.778. The van der Waals surface area contributed by atoms with Crippen molar-refractivity contribution in [2.24, 2.45) is 0 Å². The first kappa shape index (κ1) is 17.8. The number of hydrogen-bond donors (Lipinski definition) is 1. The fraction of sp³-hybridized carbons (Fsp3) is 0.538. The van der Waals surface area contributed by atoms with Crippen molar-refractivity contribution < 1.29 is 17.9 Å². The summed E-state index contributed by atoms with van der Waals surface area (Å²) < 4.78 is 38.9. The molecule has 1 aliphatic rings. The van der Waals surface area contributed by atoms with Crippen molar-refractivity contribution >= 4 is 33.4 Å². The van der Waals surface area contributed by atoms with Gasteiger partial charge in [-0.25, -0.2) is 0 Å². The van der Waals surface area contributed by atoms with Gasteiger partial charge in [-0.15, -0.1) is 0 Å². The van der Waals surface area contributed by atoms with Crippen LogP contribution < -0.4 is 9.46 Å². The number of nitrogens with zero attached hydrogens (tertiary/aromatic N) is 1. The normalized spacial score (nSPS) is 20.0. The van der Waals surface area contributed by atoms with Gasteiger partial charge in [-0.1, -0.05) is 29.3 Å². The van der Waals surface area contributed by atoms with Crippen molar-refractivity contribution in [2.45, 2.75) is 13.0 Å². The van der Waals surface area contributed by atoms with Gasteiger partial charge in [0.2, 0.25) is 0 Å². The highest BCUT2D eigenvalue weighted by atomic mass is 35.5. The molecule has 1 aromatic rings. The fourth-order valence-corrected chi connectivity index (χ4v) is 3.61.